The van der Waals surface area contributed by atoms with E-state index in [4.69, 9.17) is 11.6 Å². The van der Waals surface area contributed by atoms with Crippen molar-refractivity contribution in [1.82, 2.24) is 5.32 Å². The number of rotatable bonds is 5. The van der Waals surface area contributed by atoms with Gasteiger partial charge in [-0.25, -0.2) is 4.39 Å². The van der Waals surface area contributed by atoms with E-state index in [-0.39, 0.29) is 10.8 Å². The molecule has 1 N–H and O–H groups in total. The molecule has 2 rings (SSSR count). The lowest BCUT2D eigenvalue weighted by atomic mass is 9.86. The van der Waals surface area contributed by atoms with Gasteiger partial charge in [-0.1, -0.05) is 50.4 Å². The molecule has 19 heavy (non-hydrogen) atoms. The predicted molar refractivity (Wildman–Crippen MR) is 79.1 cm³/mol. The zero-order chi connectivity index (χ0) is 13.8. The molecule has 1 aliphatic rings. The standard InChI is InChI=1S/C16H23ClFN/c1-3-19-15(13-8-4-6-11(13)2)10-12-7-5-9-14(17)16(12)18/h5,7,9,11,13,15,19H,3-4,6,8,10H2,1-2H3. The summed E-state index contributed by atoms with van der Waals surface area (Å²) in [5.74, 6) is 1.13. The van der Waals surface area contributed by atoms with Crippen LogP contribution in [0.1, 0.15) is 38.7 Å². The van der Waals surface area contributed by atoms with Crippen molar-refractivity contribution in [3.8, 4) is 0 Å². The summed E-state index contributed by atoms with van der Waals surface area (Å²) in [5.41, 5.74) is 0.734. The summed E-state index contributed by atoms with van der Waals surface area (Å²) in [4.78, 5) is 0. The van der Waals surface area contributed by atoms with E-state index in [1.807, 2.05) is 12.1 Å². The van der Waals surface area contributed by atoms with Crippen molar-refractivity contribution in [1.29, 1.82) is 0 Å². The van der Waals surface area contributed by atoms with Crippen LogP contribution in [-0.2, 0) is 6.42 Å². The first-order chi connectivity index (χ1) is 9.13. The second kappa shape index (κ2) is 6.71. The maximum Gasteiger partial charge on any atom is 0.145 e. The molecule has 0 bridgehead atoms. The fourth-order valence-electron chi connectivity index (χ4n) is 3.35. The van der Waals surface area contributed by atoms with E-state index in [0.717, 1.165) is 24.4 Å². The highest BCUT2D eigenvalue weighted by atomic mass is 35.5. The predicted octanol–water partition coefficient (Wildman–Crippen LogP) is 4.44. The van der Waals surface area contributed by atoms with Crippen molar-refractivity contribution < 1.29 is 4.39 Å². The number of likely N-dealkylation sites (N-methyl/N-ethyl adjacent to an activating group) is 1. The van der Waals surface area contributed by atoms with Gasteiger partial charge in [0.15, 0.2) is 0 Å². The van der Waals surface area contributed by atoms with Crippen molar-refractivity contribution in [2.24, 2.45) is 11.8 Å². The van der Waals surface area contributed by atoms with Gasteiger partial charge in [0.2, 0.25) is 0 Å². The summed E-state index contributed by atoms with van der Waals surface area (Å²) >= 11 is 5.87. The van der Waals surface area contributed by atoms with E-state index in [2.05, 4.69) is 19.2 Å². The average Bonchev–Trinajstić information content (AvgIpc) is 2.80. The van der Waals surface area contributed by atoms with Crippen molar-refractivity contribution in [2.75, 3.05) is 6.54 Å². The maximum atomic E-state index is 14.0. The molecule has 1 nitrogen and oxygen atoms in total. The number of hydrogen-bond donors (Lipinski definition) is 1. The first kappa shape index (κ1) is 14.8. The molecule has 1 aliphatic carbocycles. The number of hydrogen-bond acceptors (Lipinski definition) is 1. The molecule has 3 heteroatoms. The Balaban J connectivity index is 2.14. The van der Waals surface area contributed by atoms with E-state index in [1.54, 1.807) is 6.07 Å². The topological polar surface area (TPSA) is 12.0 Å². The Morgan fingerprint density at radius 2 is 2.21 bits per heavy atom. The highest BCUT2D eigenvalue weighted by Crippen LogP contribution is 2.35. The molecule has 0 heterocycles. The zero-order valence-corrected chi connectivity index (χ0v) is 12.5. The van der Waals surface area contributed by atoms with E-state index in [1.165, 1.54) is 19.3 Å². The molecule has 106 valence electrons. The lowest BCUT2D eigenvalue weighted by Gasteiger charge is -2.28. The first-order valence-electron chi connectivity index (χ1n) is 7.29. The molecular weight excluding hydrogens is 261 g/mol. The smallest absolute Gasteiger partial charge is 0.145 e. The fraction of sp³-hybridized carbons (Fsp3) is 0.625. The van der Waals surface area contributed by atoms with Gasteiger partial charge in [0, 0.05) is 6.04 Å². The van der Waals surface area contributed by atoms with E-state index < -0.39 is 0 Å². The van der Waals surface area contributed by atoms with Gasteiger partial charge in [0.1, 0.15) is 5.82 Å². The van der Waals surface area contributed by atoms with Crippen molar-refractivity contribution >= 4 is 11.6 Å². The number of halogens is 2. The Morgan fingerprint density at radius 1 is 1.42 bits per heavy atom. The minimum atomic E-state index is -0.252. The largest absolute Gasteiger partial charge is 0.314 e. The van der Waals surface area contributed by atoms with Crippen LogP contribution in [0, 0.1) is 17.7 Å². The summed E-state index contributed by atoms with van der Waals surface area (Å²) in [5, 5.41) is 3.77. The minimum absolute atomic E-state index is 0.229. The normalized spacial score (nSPS) is 24.6. The highest BCUT2D eigenvalue weighted by Gasteiger charge is 2.30. The van der Waals surface area contributed by atoms with E-state index in [0.29, 0.717) is 12.0 Å². The van der Waals surface area contributed by atoms with Gasteiger partial charge in [0.25, 0.3) is 0 Å². The van der Waals surface area contributed by atoms with Gasteiger partial charge in [-0.3, -0.25) is 0 Å². The molecule has 3 atom stereocenters. The highest BCUT2D eigenvalue weighted by molar-refractivity contribution is 6.30. The zero-order valence-electron chi connectivity index (χ0n) is 11.8. The molecule has 1 aromatic carbocycles. The molecule has 0 amide bonds. The minimum Gasteiger partial charge on any atom is -0.314 e. The third-order valence-electron chi connectivity index (χ3n) is 4.38. The van der Waals surface area contributed by atoms with Crippen LogP contribution in [0.25, 0.3) is 0 Å². The van der Waals surface area contributed by atoms with Crippen LogP contribution < -0.4 is 5.32 Å². The van der Waals surface area contributed by atoms with Gasteiger partial charge in [-0.15, -0.1) is 0 Å². The quantitative estimate of drug-likeness (QED) is 0.843. The van der Waals surface area contributed by atoms with Crippen LogP contribution in [0.3, 0.4) is 0 Å². The van der Waals surface area contributed by atoms with Crippen molar-refractivity contribution in [3.05, 3.63) is 34.6 Å². The van der Waals surface area contributed by atoms with Crippen LogP contribution in [0.4, 0.5) is 4.39 Å². The van der Waals surface area contributed by atoms with Gasteiger partial charge in [-0.05, 0) is 42.9 Å². The van der Waals surface area contributed by atoms with E-state index >= 15 is 0 Å². The van der Waals surface area contributed by atoms with Gasteiger partial charge in [-0.2, -0.15) is 0 Å². The Bertz CT molecular complexity index is 421. The molecule has 0 aromatic heterocycles. The Morgan fingerprint density at radius 3 is 2.84 bits per heavy atom. The lowest BCUT2D eigenvalue weighted by molar-refractivity contribution is 0.297. The maximum absolute atomic E-state index is 14.0. The Hall–Kier alpha value is -0.600. The molecular formula is C16H23ClFN. The second-order valence-corrected chi connectivity index (χ2v) is 6.06. The van der Waals surface area contributed by atoms with Crippen LogP contribution in [-0.4, -0.2) is 12.6 Å². The van der Waals surface area contributed by atoms with Crippen LogP contribution >= 0.6 is 11.6 Å². The number of benzene rings is 1. The Labute approximate surface area is 120 Å². The molecule has 1 fully saturated rings. The van der Waals surface area contributed by atoms with Gasteiger partial charge >= 0.3 is 0 Å². The molecule has 1 saturated carbocycles. The average molecular weight is 284 g/mol. The van der Waals surface area contributed by atoms with Gasteiger partial charge < -0.3 is 5.32 Å². The summed E-state index contributed by atoms with van der Waals surface area (Å²) in [7, 11) is 0. The van der Waals surface area contributed by atoms with Gasteiger partial charge in [0.05, 0.1) is 5.02 Å². The molecule has 3 unspecified atom stereocenters. The summed E-state index contributed by atoms with van der Waals surface area (Å²) in [6.07, 6.45) is 4.58. The second-order valence-electron chi connectivity index (χ2n) is 5.65. The summed E-state index contributed by atoms with van der Waals surface area (Å²) in [6.45, 7) is 5.35. The molecule has 0 aliphatic heterocycles. The third-order valence-corrected chi connectivity index (χ3v) is 4.67. The van der Waals surface area contributed by atoms with Crippen LogP contribution in [0.2, 0.25) is 5.02 Å². The number of nitrogens with one attached hydrogen (secondary N) is 1. The first-order valence-corrected chi connectivity index (χ1v) is 7.67. The lowest BCUT2D eigenvalue weighted by Crippen LogP contribution is -2.39. The SMILES string of the molecule is CCNC(Cc1cccc(Cl)c1F)C1CCCC1C. The molecule has 1 aromatic rings. The molecule has 0 radical (unpaired) electrons. The monoisotopic (exact) mass is 283 g/mol. The summed E-state index contributed by atoms with van der Waals surface area (Å²) in [6, 6.07) is 5.66. The third kappa shape index (κ3) is 3.49. The van der Waals surface area contributed by atoms with Crippen LogP contribution in [0.15, 0.2) is 18.2 Å². The van der Waals surface area contributed by atoms with E-state index in [9.17, 15) is 4.39 Å². The summed E-state index contributed by atoms with van der Waals surface area (Å²) < 4.78 is 14.0. The Kier molecular flexibility index (Phi) is 5.23. The molecule has 0 spiro atoms. The molecule has 0 saturated heterocycles. The van der Waals surface area contributed by atoms with Crippen molar-refractivity contribution in [3.63, 3.8) is 0 Å². The van der Waals surface area contributed by atoms with Crippen LogP contribution in [0.5, 0.6) is 0 Å². The van der Waals surface area contributed by atoms with Crippen molar-refractivity contribution in [2.45, 2.75) is 45.6 Å². The fourth-order valence-corrected chi connectivity index (χ4v) is 3.55.